The van der Waals surface area contributed by atoms with Gasteiger partial charge in [-0.3, -0.25) is 0 Å². The first-order valence-corrected chi connectivity index (χ1v) is 26.1. The first-order valence-electron chi connectivity index (χ1n) is 12.4. The van der Waals surface area contributed by atoms with Crippen LogP contribution in [0.15, 0.2) is 35.4 Å². The molecule has 0 fully saturated rings. The standard InChI is InChI=1S/2C14H17.2CH3.2ClH.H2Si.Zr/c2*1-9(2)12-6-5-11(4)13-7-10(3)8-14(12)13;;;;;;/h2*5-9H,1-4H3;2*1H3;2*1H;1H2;. The molecule has 0 heterocycles. The van der Waals surface area contributed by atoms with E-state index in [-0.39, 0.29) is 24.8 Å². The molecule has 4 heteroatoms. The molecule has 0 N–H and O–H groups in total. The van der Waals surface area contributed by atoms with Crippen LogP contribution in [0.5, 0.6) is 0 Å². The van der Waals surface area contributed by atoms with E-state index < -0.39 is 17.4 Å². The van der Waals surface area contributed by atoms with Crippen LogP contribution in [0.4, 0.5) is 0 Å². The third kappa shape index (κ3) is 4.44. The van der Waals surface area contributed by atoms with Crippen LogP contribution in [0.2, 0.25) is 9.26 Å². The van der Waals surface area contributed by atoms with E-state index >= 15 is 0 Å². The molecule has 186 valence electrons. The van der Waals surface area contributed by atoms with Gasteiger partial charge in [0.2, 0.25) is 0 Å². The largest absolute Gasteiger partial charge is 0.147 e. The van der Waals surface area contributed by atoms with Gasteiger partial charge in [-0.05, 0) is 0 Å². The quantitative estimate of drug-likeness (QED) is 0.310. The van der Waals surface area contributed by atoms with Crippen LogP contribution in [0.1, 0.15) is 105 Å². The maximum absolute atomic E-state index is 3.41. The summed E-state index contributed by atoms with van der Waals surface area (Å²) >= 11 is -3.41. The number of benzene rings is 2. The normalized spacial score (nSPS) is 19.3. The van der Waals surface area contributed by atoms with Crippen molar-refractivity contribution in [2.45, 2.75) is 83.7 Å². The third-order valence-electron chi connectivity index (χ3n) is 8.45. The van der Waals surface area contributed by atoms with E-state index in [2.05, 4.69) is 108 Å². The molecule has 2 unspecified atom stereocenters. The fourth-order valence-electron chi connectivity index (χ4n) is 7.31. The Hall–Kier alpha value is -0.400. The molecule has 2 aromatic rings. The molecule has 2 aliphatic carbocycles. The van der Waals surface area contributed by atoms with Gasteiger partial charge < -0.3 is 0 Å². The summed E-state index contributed by atoms with van der Waals surface area (Å²) in [7, 11) is 0. The predicted octanol–water partition coefficient (Wildman–Crippen LogP) is 9.34. The van der Waals surface area contributed by atoms with Crippen molar-refractivity contribution in [3.8, 4) is 0 Å². The summed E-state index contributed by atoms with van der Waals surface area (Å²) in [6, 6.07) is 9.56. The summed E-state index contributed by atoms with van der Waals surface area (Å²) in [5.74, 6) is 1.12. The van der Waals surface area contributed by atoms with Crippen molar-refractivity contribution in [2.24, 2.45) is 0 Å². The second kappa shape index (κ2) is 9.81. The smallest absolute Gasteiger partial charge is 0.147 e. The van der Waals surface area contributed by atoms with E-state index in [1.165, 1.54) is 22.3 Å². The summed E-state index contributed by atoms with van der Waals surface area (Å²) in [5, 5.41) is 0. The number of aryl methyl sites for hydroxylation is 2. The maximum atomic E-state index is 2.76. The van der Waals surface area contributed by atoms with Crippen LogP contribution in [-0.2, 0) is 17.4 Å². The Bertz CT molecular complexity index is 1170. The number of rotatable bonds is 4. The van der Waals surface area contributed by atoms with Crippen molar-refractivity contribution >= 4 is 43.8 Å². The number of hydrogen-bond donors (Lipinski definition) is 0. The van der Waals surface area contributed by atoms with E-state index in [9.17, 15) is 0 Å². The second-order valence-electron chi connectivity index (χ2n) is 12.5. The van der Waals surface area contributed by atoms with Gasteiger partial charge in [-0.25, -0.2) is 0 Å². The van der Waals surface area contributed by atoms with Gasteiger partial charge in [0.25, 0.3) is 0 Å². The molecule has 4 rings (SSSR count). The Kier molecular flexibility index (Phi) is 8.61. The van der Waals surface area contributed by atoms with Crippen molar-refractivity contribution in [2.75, 3.05) is 0 Å². The Morgan fingerprint density at radius 3 is 1.26 bits per heavy atom. The van der Waals surface area contributed by atoms with Gasteiger partial charge in [0, 0.05) is 0 Å². The minimum atomic E-state index is -3.41. The van der Waals surface area contributed by atoms with E-state index in [1.54, 1.807) is 33.4 Å². The molecule has 0 aromatic heterocycles. The minimum absolute atomic E-state index is 0. The molecular weight excluding hydrogens is 551 g/mol. The molecule has 0 aliphatic heterocycles. The zero-order valence-electron chi connectivity index (χ0n) is 22.8. The van der Waals surface area contributed by atoms with Crippen molar-refractivity contribution in [3.05, 3.63) is 79.9 Å². The van der Waals surface area contributed by atoms with Crippen molar-refractivity contribution in [3.63, 3.8) is 0 Å². The zero-order valence-corrected chi connectivity index (χ0v) is 28.3. The van der Waals surface area contributed by atoms with E-state index in [0.29, 0.717) is 19.1 Å². The average molecular weight is 595 g/mol. The molecule has 2 aromatic carbocycles. The first-order chi connectivity index (χ1) is 14.7. The van der Waals surface area contributed by atoms with E-state index in [4.69, 9.17) is 0 Å². The summed E-state index contributed by atoms with van der Waals surface area (Å²) in [6.07, 6.45) is 5.12. The predicted molar refractivity (Wildman–Crippen MR) is 158 cm³/mol. The fourth-order valence-corrected chi connectivity index (χ4v) is 28.7. The molecule has 0 saturated heterocycles. The van der Waals surface area contributed by atoms with Crippen molar-refractivity contribution in [1.29, 1.82) is 0 Å². The van der Waals surface area contributed by atoms with Crippen molar-refractivity contribution < 1.29 is 17.4 Å². The van der Waals surface area contributed by atoms with Gasteiger partial charge in [0.1, 0.15) is 0 Å². The molecule has 0 nitrogen and oxygen atoms in total. The van der Waals surface area contributed by atoms with Gasteiger partial charge >= 0.3 is 200 Å². The SMILES string of the molecule is CC1=Cc2c(C(C)C)ccc(C)c2[CH]1[Zr]([CH3])([CH3])(=[SiH2])[CH]1C(C)=Cc2c(C(C)C)ccc(C)c21.Cl.Cl. The molecule has 0 amide bonds. The number of fused-ring (bicyclic) bond motifs is 2. The second-order valence-corrected chi connectivity index (χ2v) is 43.0. The molecule has 34 heavy (non-hydrogen) atoms. The summed E-state index contributed by atoms with van der Waals surface area (Å²) in [5.41, 5.74) is 15.7. The molecule has 2 atom stereocenters. The number of allylic oxidation sites excluding steroid dienone is 2. The molecular formula is C30H44Cl2SiZr. The van der Waals surface area contributed by atoms with Crippen LogP contribution in [0.25, 0.3) is 12.2 Å². The van der Waals surface area contributed by atoms with Gasteiger partial charge in [-0.1, -0.05) is 0 Å². The molecule has 2 aliphatic rings. The summed E-state index contributed by atoms with van der Waals surface area (Å²) in [6.45, 7) is 21.4. The van der Waals surface area contributed by atoms with E-state index in [0.717, 1.165) is 0 Å². The van der Waals surface area contributed by atoms with Crippen LogP contribution >= 0.6 is 24.8 Å². The number of halogens is 2. The van der Waals surface area contributed by atoms with Gasteiger partial charge in [-0.15, -0.1) is 24.8 Å². The van der Waals surface area contributed by atoms with Crippen LogP contribution in [-0.4, -0.2) is 6.88 Å². The molecule has 0 radical (unpaired) electrons. The molecule has 0 spiro atoms. The monoisotopic (exact) mass is 592 g/mol. The van der Waals surface area contributed by atoms with Crippen LogP contribution in [0.3, 0.4) is 0 Å². The minimum Gasteiger partial charge on any atom is -0.147 e. The Balaban J connectivity index is 0.00000204. The Labute approximate surface area is 223 Å². The van der Waals surface area contributed by atoms with Gasteiger partial charge in [0.15, 0.2) is 0 Å². The Morgan fingerprint density at radius 1 is 0.647 bits per heavy atom. The maximum Gasteiger partial charge on any atom is -0.147 e. The summed E-state index contributed by atoms with van der Waals surface area (Å²) in [4.78, 5) is 0. The van der Waals surface area contributed by atoms with Gasteiger partial charge in [-0.2, -0.15) is 0 Å². The zero-order chi connectivity index (χ0) is 23.8. The summed E-state index contributed by atoms with van der Waals surface area (Å²) < 4.78 is 6.75. The van der Waals surface area contributed by atoms with Crippen molar-refractivity contribution in [1.82, 2.24) is 0 Å². The Morgan fingerprint density at radius 2 is 0.971 bits per heavy atom. The average Bonchev–Trinajstić information content (AvgIpc) is 3.20. The van der Waals surface area contributed by atoms with Crippen LogP contribution in [0, 0.1) is 13.8 Å². The first kappa shape index (κ1) is 29.8. The fraction of sp³-hybridized carbons (Fsp3) is 0.467. The van der Waals surface area contributed by atoms with Crippen LogP contribution < -0.4 is 0 Å². The number of hydrogen-bond acceptors (Lipinski definition) is 0. The van der Waals surface area contributed by atoms with Gasteiger partial charge in [0.05, 0.1) is 0 Å². The topological polar surface area (TPSA) is 0 Å². The van der Waals surface area contributed by atoms with E-state index in [1.807, 2.05) is 0 Å². The molecule has 0 saturated carbocycles. The molecule has 0 bridgehead atoms. The third-order valence-corrected chi connectivity index (χ3v) is 26.3.